The fourth-order valence-electron chi connectivity index (χ4n) is 5.43. The second-order valence-corrected chi connectivity index (χ2v) is 10.9. The summed E-state index contributed by atoms with van der Waals surface area (Å²) in [5.41, 5.74) is 8.00. The van der Waals surface area contributed by atoms with Gasteiger partial charge in [-0.15, -0.1) is 0 Å². The van der Waals surface area contributed by atoms with Gasteiger partial charge in [-0.2, -0.15) is 0 Å². The molecule has 0 bridgehead atoms. The van der Waals surface area contributed by atoms with Crippen LogP contribution in [0.1, 0.15) is 34.2 Å². The number of ether oxygens (including phenoxy) is 4. The molecular weight excluding hydrogens is 540 g/mol. The SMILES string of the molecule is COc1cc(OCc2cccc(-c3ccccc3)c2C)cc(OC)c1CN(C)CCNCc1ccc2c(c1)CCC(=O)O2. The Balaban J connectivity index is 1.17. The van der Waals surface area contributed by atoms with Crippen molar-refractivity contribution in [2.75, 3.05) is 34.4 Å². The minimum atomic E-state index is -0.156. The van der Waals surface area contributed by atoms with Crippen LogP contribution in [0.5, 0.6) is 23.0 Å². The highest BCUT2D eigenvalue weighted by Crippen LogP contribution is 2.36. The maximum atomic E-state index is 11.5. The van der Waals surface area contributed by atoms with E-state index in [1.807, 2.05) is 30.3 Å². The molecule has 5 rings (SSSR count). The summed E-state index contributed by atoms with van der Waals surface area (Å²) in [6.45, 7) is 5.65. The smallest absolute Gasteiger partial charge is 0.311 e. The minimum Gasteiger partial charge on any atom is -0.496 e. The molecule has 0 radical (unpaired) electrons. The molecule has 0 aromatic heterocycles. The van der Waals surface area contributed by atoms with E-state index in [4.69, 9.17) is 18.9 Å². The molecule has 0 aliphatic carbocycles. The molecule has 0 spiro atoms. The Morgan fingerprint density at radius 2 is 1.67 bits per heavy atom. The van der Waals surface area contributed by atoms with Crippen LogP contribution in [-0.4, -0.2) is 45.2 Å². The van der Waals surface area contributed by atoms with Crippen LogP contribution in [0, 0.1) is 6.92 Å². The lowest BCUT2D eigenvalue weighted by molar-refractivity contribution is -0.135. The highest BCUT2D eigenvalue weighted by Gasteiger charge is 2.18. The van der Waals surface area contributed by atoms with Gasteiger partial charge in [0.2, 0.25) is 0 Å². The first kappa shape index (κ1) is 30.1. The van der Waals surface area contributed by atoms with E-state index in [0.717, 1.165) is 54.2 Å². The third-order valence-electron chi connectivity index (χ3n) is 7.88. The van der Waals surface area contributed by atoms with Gasteiger partial charge in [0.25, 0.3) is 0 Å². The van der Waals surface area contributed by atoms with Crippen molar-refractivity contribution >= 4 is 5.97 Å². The molecule has 1 N–H and O–H groups in total. The van der Waals surface area contributed by atoms with Crippen molar-refractivity contribution < 1.29 is 23.7 Å². The van der Waals surface area contributed by atoms with Crippen molar-refractivity contribution in [3.05, 3.63) is 107 Å². The summed E-state index contributed by atoms with van der Waals surface area (Å²) in [5, 5.41) is 3.52. The summed E-state index contributed by atoms with van der Waals surface area (Å²) < 4.78 is 23.1. The van der Waals surface area contributed by atoms with Gasteiger partial charge in [-0.3, -0.25) is 4.79 Å². The lowest BCUT2D eigenvalue weighted by atomic mass is 9.97. The summed E-state index contributed by atoms with van der Waals surface area (Å²) in [4.78, 5) is 13.7. The van der Waals surface area contributed by atoms with Gasteiger partial charge in [0.05, 0.1) is 26.2 Å². The number of carbonyl (C=O) groups is 1. The molecule has 43 heavy (non-hydrogen) atoms. The van der Waals surface area contributed by atoms with Crippen molar-refractivity contribution in [2.45, 2.75) is 39.5 Å². The number of nitrogens with one attached hydrogen (secondary N) is 1. The molecule has 0 saturated carbocycles. The van der Waals surface area contributed by atoms with Crippen LogP contribution in [0.4, 0.5) is 0 Å². The summed E-state index contributed by atoms with van der Waals surface area (Å²) in [5.74, 6) is 2.70. The first-order chi connectivity index (χ1) is 20.9. The Kier molecular flexibility index (Phi) is 9.97. The number of esters is 1. The van der Waals surface area contributed by atoms with Crippen LogP contribution in [-0.2, 0) is 30.9 Å². The Morgan fingerprint density at radius 1 is 0.907 bits per heavy atom. The Morgan fingerprint density at radius 3 is 2.42 bits per heavy atom. The van der Waals surface area contributed by atoms with E-state index in [1.54, 1.807) is 14.2 Å². The number of hydrogen-bond acceptors (Lipinski definition) is 7. The zero-order valence-electron chi connectivity index (χ0n) is 25.4. The summed E-state index contributed by atoms with van der Waals surface area (Å²) in [6.07, 6.45) is 1.18. The van der Waals surface area contributed by atoms with Crippen molar-refractivity contribution in [2.24, 2.45) is 0 Å². The van der Waals surface area contributed by atoms with Crippen LogP contribution in [0.3, 0.4) is 0 Å². The molecule has 4 aromatic carbocycles. The number of nitrogens with zero attached hydrogens (tertiary/aromatic N) is 1. The first-order valence-electron chi connectivity index (χ1n) is 14.7. The number of rotatable bonds is 13. The fraction of sp³-hybridized carbons (Fsp3) is 0.306. The van der Waals surface area contributed by atoms with Crippen molar-refractivity contribution in [3.8, 4) is 34.1 Å². The van der Waals surface area contributed by atoms with Crippen molar-refractivity contribution in [1.29, 1.82) is 0 Å². The predicted octanol–water partition coefficient (Wildman–Crippen LogP) is 6.33. The summed E-state index contributed by atoms with van der Waals surface area (Å²) in [7, 11) is 5.44. The van der Waals surface area contributed by atoms with Crippen LogP contribution in [0.25, 0.3) is 11.1 Å². The monoisotopic (exact) mass is 580 g/mol. The molecule has 0 unspecified atom stereocenters. The van der Waals surface area contributed by atoms with Gasteiger partial charge in [0.1, 0.15) is 29.6 Å². The number of fused-ring (bicyclic) bond motifs is 1. The Hall–Kier alpha value is -4.33. The molecule has 1 aliphatic heterocycles. The number of carbonyl (C=O) groups excluding carboxylic acids is 1. The number of hydrogen-bond donors (Lipinski definition) is 1. The van der Waals surface area contributed by atoms with Crippen LogP contribution in [0.15, 0.2) is 78.9 Å². The number of likely N-dealkylation sites (N-methyl/N-ethyl adjacent to an activating group) is 1. The zero-order chi connectivity index (χ0) is 30.2. The summed E-state index contributed by atoms with van der Waals surface area (Å²) in [6, 6.07) is 26.6. The normalized spacial score (nSPS) is 12.5. The average Bonchev–Trinajstić information content (AvgIpc) is 3.03. The van der Waals surface area contributed by atoms with Crippen LogP contribution < -0.4 is 24.3 Å². The second kappa shape index (κ2) is 14.2. The van der Waals surface area contributed by atoms with E-state index in [9.17, 15) is 4.79 Å². The van der Waals surface area contributed by atoms with Gasteiger partial charge < -0.3 is 29.2 Å². The number of benzene rings is 4. The maximum absolute atomic E-state index is 11.5. The number of methoxy groups -OCH3 is 2. The molecular formula is C36H40N2O5. The summed E-state index contributed by atoms with van der Waals surface area (Å²) >= 11 is 0. The van der Waals surface area contributed by atoms with Gasteiger partial charge in [-0.1, -0.05) is 60.7 Å². The molecule has 0 atom stereocenters. The highest BCUT2D eigenvalue weighted by atomic mass is 16.5. The largest absolute Gasteiger partial charge is 0.496 e. The maximum Gasteiger partial charge on any atom is 0.311 e. The molecule has 7 heteroatoms. The second-order valence-electron chi connectivity index (χ2n) is 10.9. The van der Waals surface area contributed by atoms with E-state index in [-0.39, 0.29) is 5.97 Å². The average molecular weight is 581 g/mol. The van der Waals surface area contributed by atoms with Crippen LogP contribution >= 0.6 is 0 Å². The fourth-order valence-corrected chi connectivity index (χ4v) is 5.43. The molecule has 4 aromatic rings. The van der Waals surface area contributed by atoms with Gasteiger partial charge in [0.15, 0.2) is 0 Å². The molecule has 0 amide bonds. The third kappa shape index (κ3) is 7.55. The van der Waals surface area contributed by atoms with Gasteiger partial charge in [0, 0.05) is 38.3 Å². The van der Waals surface area contributed by atoms with E-state index >= 15 is 0 Å². The Bertz CT molecular complexity index is 1530. The molecule has 1 heterocycles. The zero-order valence-corrected chi connectivity index (χ0v) is 25.4. The number of aryl methyl sites for hydroxylation is 1. The quantitative estimate of drug-likeness (QED) is 0.113. The molecule has 1 aliphatic rings. The van der Waals surface area contributed by atoms with Crippen LogP contribution in [0.2, 0.25) is 0 Å². The topological polar surface area (TPSA) is 69.3 Å². The predicted molar refractivity (Wildman–Crippen MR) is 169 cm³/mol. The molecule has 7 nitrogen and oxygen atoms in total. The molecule has 0 fully saturated rings. The van der Waals surface area contributed by atoms with Crippen molar-refractivity contribution in [1.82, 2.24) is 10.2 Å². The lowest BCUT2D eigenvalue weighted by Crippen LogP contribution is -2.29. The van der Waals surface area contributed by atoms with Gasteiger partial charge in [-0.05, 0) is 59.8 Å². The lowest BCUT2D eigenvalue weighted by Gasteiger charge is -2.22. The van der Waals surface area contributed by atoms with E-state index in [2.05, 4.69) is 72.7 Å². The standard InChI is InChI=1S/C36H40N2O5/c1-25-29(11-8-12-31(25)27-9-6-5-7-10-27)24-42-30-20-34(40-3)32(35(21-30)41-4)23-38(2)18-17-37-22-26-13-15-33-28(19-26)14-16-36(39)43-33/h5-13,15,19-21,37H,14,16-18,22-24H2,1-4H3. The van der Waals surface area contributed by atoms with E-state index in [0.29, 0.717) is 31.1 Å². The van der Waals surface area contributed by atoms with Gasteiger partial charge >= 0.3 is 5.97 Å². The molecule has 224 valence electrons. The van der Waals surface area contributed by atoms with E-state index < -0.39 is 0 Å². The first-order valence-corrected chi connectivity index (χ1v) is 14.7. The van der Waals surface area contributed by atoms with Gasteiger partial charge in [-0.25, -0.2) is 0 Å². The van der Waals surface area contributed by atoms with Crippen molar-refractivity contribution in [3.63, 3.8) is 0 Å². The van der Waals surface area contributed by atoms with E-state index in [1.165, 1.54) is 22.3 Å². The third-order valence-corrected chi connectivity index (χ3v) is 7.88. The minimum absolute atomic E-state index is 0.156. The molecule has 0 saturated heterocycles. The highest BCUT2D eigenvalue weighted by molar-refractivity contribution is 5.75. The Labute approximate surface area is 254 Å².